The molecule has 0 aliphatic carbocycles. The highest BCUT2D eigenvalue weighted by Crippen LogP contribution is 2.44. The second kappa shape index (κ2) is 7.60. The summed E-state index contributed by atoms with van der Waals surface area (Å²) in [5.74, 6) is -1.02. The molecule has 0 bridgehead atoms. The summed E-state index contributed by atoms with van der Waals surface area (Å²) < 4.78 is 5.01. The Morgan fingerprint density at radius 1 is 0.769 bits per heavy atom. The number of benzene rings is 3. The molecule has 0 fully saturated rings. The maximum Gasteiger partial charge on any atom is 0.346 e. The molecule has 0 spiro atoms. The van der Waals surface area contributed by atoms with Gasteiger partial charge in [0.2, 0.25) is 3.61 Å². The number of carboxylic acids is 1. The highest BCUT2D eigenvalue weighted by molar-refractivity contribution is 14.1. The van der Waals surface area contributed by atoms with Crippen molar-refractivity contribution in [2.24, 2.45) is 0 Å². The molecule has 0 aliphatic rings. The molecule has 3 aromatic rings. The van der Waals surface area contributed by atoms with Gasteiger partial charge in [-0.05, 0) is 46.2 Å². The highest BCUT2D eigenvalue weighted by atomic mass is 127. The van der Waals surface area contributed by atoms with E-state index >= 15 is 0 Å². The van der Waals surface area contributed by atoms with Crippen molar-refractivity contribution >= 4 is 28.6 Å². The van der Waals surface area contributed by atoms with Crippen molar-refractivity contribution in [1.82, 2.24) is 0 Å². The molecule has 0 amide bonds. The Labute approximate surface area is 166 Å². The zero-order chi connectivity index (χ0) is 18.6. The average Bonchev–Trinajstić information content (AvgIpc) is 2.68. The number of ether oxygens (including phenoxy) is 1. The van der Waals surface area contributed by atoms with Gasteiger partial charge >= 0.3 is 5.97 Å². The van der Waals surface area contributed by atoms with Gasteiger partial charge in [-0.3, -0.25) is 0 Å². The first-order chi connectivity index (χ1) is 12.5. The van der Waals surface area contributed by atoms with E-state index < -0.39 is 15.2 Å². The molecule has 0 aliphatic heterocycles. The molecular formula is C22H19IO3. The van der Waals surface area contributed by atoms with Crippen LogP contribution in [0.25, 0.3) is 0 Å². The lowest BCUT2D eigenvalue weighted by Crippen LogP contribution is -2.43. The third-order valence-corrected chi connectivity index (χ3v) is 4.95. The maximum atomic E-state index is 11.9. The van der Waals surface area contributed by atoms with Gasteiger partial charge in [0.05, 0.1) is 0 Å². The molecule has 0 saturated carbocycles. The van der Waals surface area contributed by atoms with E-state index in [0.717, 1.165) is 16.7 Å². The third kappa shape index (κ3) is 3.52. The van der Waals surface area contributed by atoms with Gasteiger partial charge in [0.1, 0.15) is 5.60 Å². The smallest absolute Gasteiger partial charge is 0.346 e. The number of alkyl halides is 1. The van der Waals surface area contributed by atoms with Gasteiger partial charge in [-0.15, -0.1) is 0 Å². The van der Waals surface area contributed by atoms with E-state index in [1.54, 1.807) is 6.92 Å². The van der Waals surface area contributed by atoms with Crippen LogP contribution in [0.4, 0.5) is 0 Å². The fourth-order valence-electron chi connectivity index (χ4n) is 3.03. The van der Waals surface area contributed by atoms with E-state index in [1.165, 1.54) is 0 Å². The standard InChI is InChI=1S/C22H19IO3/c1-21(23,20(24)25)26-22(17-11-5-2-6-12-17,18-13-7-3-8-14-18)19-15-9-4-10-16-19/h2-16H,1H3,(H,24,25). The average molecular weight is 458 g/mol. The summed E-state index contributed by atoms with van der Waals surface area (Å²) in [6.45, 7) is 1.57. The predicted octanol–water partition coefficient (Wildman–Crippen LogP) is 5.23. The molecular weight excluding hydrogens is 439 g/mol. The Morgan fingerprint density at radius 3 is 1.35 bits per heavy atom. The first-order valence-corrected chi connectivity index (χ1v) is 9.34. The predicted molar refractivity (Wildman–Crippen MR) is 110 cm³/mol. The van der Waals surface area contributed by atoms with Crippen molar-refractivity contribution < 1.29 is 14.6 Å². The van der Waals surface area contributed by atoms with Crippen LogP contribution in [0.1, 0.15) is 23.6 Å². The molecule has 0 radical (unpaired) electrons. The largest absolute Gasteiger partial charge is 0.479 e. The van der Waals surface area contributed by atoms with Crippen LogP contribution in [0.5, 0.6) is 0 Å². The summed E-state index contributed by atoms with van der Waals surface area (Å²) in [6, 6.07) is 29.2. The fourth-order valence-corrected chi connectivity index (χ4v) is 3.36. The summed E-state index contributed by atoms with van der Waals surface area (Å²) in [4.78, 5) is 11.9. The van der Waals surface area contributed by atoms with Crippen molar-refractivity contribution in [2.75, 3.05) is 0 Å². The third-order valence-electron chi connectivity index (χ3n) is 4.27. The number of aliphatic carboxylic acids is 1. The summed E-state index contributed by atoms with van der Waals surface area (Å²) >= 11 is 1.85. The Hall–Kier alpha value is -2.18. The lowest BCUT2D eigenvalue weighted by Gasteiger charge is -2.39. The van der Waals surface area contributed by atoms with Crippen LogP contribution in [0.2, 0.25) is 0 Å². The highest BCUT2D eigenvalue weighted by Gasteiger charge is 2.46. The minimum atomic E-state index is -1.42. The molecule has 1 unspecified atom stereocenters. The Morgan fingerprint density at radius 2 is 1.08 bits per heavy atom. The number of hydrogen-bond acceptors (Lipinski definition) is 2. The fraction of sp³-hybridized carbons (Fsp3) is 0.136. The molecule has 4 heteroatoms. The van der Waals surface area contributed by atoms with Crippen LogP contribution in [0, 0.1) is 0 Å². The number of carbonyl (C=O) groups is 1. The minimum Gasteiger partial charge on any atom is -0.479 e. The second-order valence-electron chi connectivity index (χ2n) is 6.10. The zero-order valence-corrected chi connectivity index (χ0v) is 16.5. The van der Waals surface area contributed by atoms with E-state index in [2.05, 4.69) is 0 Å². The molecule has 26 heavy (non-hydrogen) atoms. The lowest BCUT2D eigenvalue weighted by atomic mass is 9.80. The van der Waals surface area contributed by atoms with E-state index in [4.69, 9.17) is 4.74 Å². The van der Waals surface area contributed by atoms with Crippen molar-refractivity contribution in [2.45, 2.75) is 16.1 Å². The van der Waals surface area contributed by atoms with Crippen LogP contribution in [-0.4, -0.2) is 14.7 Å². The first kappa shape index (κ1) is 18.6. The first-order valence-electron chi connectivity index (χ1n) is 8.26. The quantitative estimate of drug-likeness (QED) is 0.313. The van der Waals surface area contributed by atoms with Gasteiger partial charge in [-0.1, -0.05) is 91.0 Å². The molecule has 1 N–H and O–H groups in total. The normalized spacial score (nSPS) is 13.8. The molecule has 0 saturated heterocycles. The van der Waals surface area contributed by atoms with Gasteiger partial charge in [0.15, 0.2) is 0 Å². The van der Waals surface area contributed by atoms with E-state index in [0.29, 0.717) is 0 Å². The molecule has 0 heterocycles. The molecule has 132 valence electrons. The van der Waals surface area contributed by atoms with Crippen LogP contribution < -0.4 is 0 Å². The number of carboxylic acid groups (broad SMARTS) is 1. The SMILES string of the molecule is CC(I)(OC(c1ccccc1)(c1ccccc1)c1ccccc1)C(=O)O. The topological polar surface area (TPSA) is 46.5 Å². The van der Waals surface area contributed by atoms with Gasteiger partial charge in [0, 0.05) is 0 Å². The number of halogens is 1. The Kier molecular flexibility index (Phi) is 5.44. The maximum absolute atomic E-state index is 11.9. The molecule has 0 aromatic heterocycles. The van der Waals surface area contributed by atoms with Crippen molar-refractivity contribution in [1.29, 1.82) is 0 Å². The summed E-state index contributed by atoms with van der Waals surface area (Å²) in [7, 11) is 0. The molecule has 3 rings (SSSR count). The Balaban J connectivity index is 2.34. The monoisotopic (exact) mass is 458 g/mol. The van der Waals surface area contributed by atoms with E-state index in [1.807, 2.05) is 114 Å². The van der Waals surface area contributed by atoms with Gasteiger partial charge < -0.3 is 9.84 Å². The van der Waals surface area contributed by atoms with Crippen LogP contribution in [-0.2, 0) is 15.1 Å². The Bertz CT molecular complexity index is 765. The summed E-state index contributed by atoms with van der Waals surface area (Å²) in [6.07, 6.45) is 0. The van der Waals surface area contributed by atoms with Crippen molar-refractivity contribution in [3.05, 3.63) is 108 Å². The molecule has 3 aromatic carbocycles. The minimum absolute atomic E-state index is 0.876. The van der Waals surface area contributed by atoms with Crippen LogP contribution in [0.3, 0.4) is 0 Å². The van der Waals surface area contributed by atoms with Crippen molar-refractivity contribution in [3.8, 4) is 0 Å². The second-order valence-corrected chi connectivity index (χ2v) is 8.16. The van der Waals surface area contributed by atoms with Gasteiger partial charge in [-0.2, -0.15) is 0 Å². The lowest BCUT2D eigenvalue weighted by molar-refractivity contribution is -0.158. The molecule has 3 nitrogen and oxygen atoms in total. The van der Waals surface area contributed by atoms with E-state index in [-0.39, 0.29) is 0 Å². The zero-order valence-electron chi connectivity index (χ0n) is 14.3. The number of rotatable bonds is 6. The van der Waals surface area contributed by atoms with Crippen molar-refractivity contribution in [3.63, 3.8) is 0 Å². The van der Waals surface area contributed by atoms with Gasteiger partial charge in [0.25, 0.3) is 0 Å². The summed E-state index contributed by atoms with van der Waals surface area (Å²) in [5.41, 5.74) is 1.59. The van der Waals surface area contributed by atoms with E-state index in [9.17, 15) is 9.90 Å². The molecule has 1 atom stereocenters. The number of hydrogen-bond donors (Lipinski definition) is 1. The van der Waals surface area contributed by atoms with Crippen LogP contribution >= 0.6 is 22.6 Å². The van der Waals surface area contributed by atoms with Gasteiger partial charge in [-0.25, -0.2) is 4.79 Å². The summed E-state index contributed by atoms with van der Waals surface area (Å²) in [5, 5.41) is 9.71. The van der Waals surface area contributed by atoms with Crippen LogP contribution in [0.15, 0.2) is 91.0 Å².